The molecule has 1 aromatic rings. The van der Waals surface area contributed by atoms with Gasteiger partial charge in [0.05, 0.1) is 7.11 Å². The van der Waals surface area contributed by atoms with Crippen molar-refractivity contribution in [1.29, 1.82) is 0 Å². The zero-order chi connectivity index (χ0) is 13.9. The van der Waals surface area contributed by atoms with Crippen molar-refractivity contribution in [2.45, 2.75) is 37.6 Å². The summed E-state index contributed by atoms with van der Waals surface area (Å²) in [5.41, 5.74) is 1.10. The summed E-state index contributed by atoms with van der Waals surface area (Å²) in [7, 11) is 1.66. The SMILES string of the molecule is COc1cccc([C@H]2C[C@@H](CO)[C@@H]3CCCCN3C2)n1. The van der Waals surface area contributed by atoms with Crippen molar-refractivity contribution in [3.63, 3.8) is 0 Å². The van der Waals surface area contributed by atoms with E-state index in [1.165, 1.54) is 25.8 Å². The van der Waals surface area contributed by atoms with Crippen LogP contribution in [-0.4, -0.2) is 47.8 Å². The number of aromatic nitrogens is 1. The number of hydrogen-bond acceptors (Lipinski definition) is 4. The normalized spacial score (nSPS) is 30.8. The fraction of sp³-hybridized carbons (Fsp3) is 0.688. The summed E-state index contributed by atoms with van der Waals surface area (Å²) >= 11 is 0. The summed E-state index contributed by atoms with van der Waals surface area (Å²) in [4.78, 5) is 7.16. The molecule has 4 nitrogen and oxygen atoms in total. The molecule has 2 aliphatic heterocycles. The molecule has 20 heavy (non-hydrogen) atoms. The molecule has 3 atom stereocenters. The average Bonchev–Trinajstić information content (AvgIpc) is 2.53. The molecule has 0 spiro atoms. The van der Waals surface area contributed by atoms with Crippen LogP contribution in [-0.2, 0) is 0 Å². The molecule has 3 heterocycles. The second kappa shape index (κ2) is 6.10. The monoisotopic (exact) mass is 276 g/mol. The van der Waals surface area contributed by atoms with E-state index in [2.05, 4.69) is 16.0 Å². The van der Waals surface area contributed by atoms with Gasteiger partial charge in [-0.15, -0.1) is 0 Å². The molecule has 1 N–H and O–H groups in total. The number of piperidine rings is 2. The molecule has 2 aliphatic rings. The third-order valence-corrected chi connectivity index (χ3v) is 4.86. The Labute approximate surface area is 120 Å². The molecule has 0 bridgehead atoms. The summed E-state index contributed by atoms with van der Waals surface area (Å²) in [5.74, 6) is 1.49. The highest BCUT2D eigenvalue weighted by Gasteiger charge is 2.37. The van der Waals surface area contributed by atoms with Crippen molar-refractivity contribution in [3.8, 4) is 5.88 Å². The minimum atomic E-state index is 0.293. The largest absolute Gasteiger partial charge is 0.481 e. The lowest BCUT2D eigenvalue weighted by Gasteiger charge is -2.46. The number of rotatable bonds is 3. The van der Waals surface area contributed by atoms with E-state index < -0.39 is 0 Å². The molecular weight excluding hydrogens is 252 g/mol. The van der Waals surface area contributed by atoms with Crippen LogP contribution >= 0.6 is 0 Å². The Hall–Kier alpha value is -1.13. The lowest BCUT2D eigenvalue weighted by atomic mass is 9.78. The third-order valence-electron chi connectivity index (χ3n) is 4.86. The Morgan fingerprint density at radius 2 is 2.30 bits per heavy atom. The van der Waals surface area contributed by atoms with E-state index in [-0.39, 0.29) is 0 Å². The number of fused-ring (bicyclic) bond motifs is 1. The second-order valence-corrected chi connectivity index (χ2v) is 6.04. The maximum atomic E-state index is 9.72. The summed E-state index contributed by atoms with van der Waals surface area (Å²) in [6, 6.07) is 6.57. The smallest absolute Gasteiger partial charge is 0.213 e. The maximum absolute atomic E-state index is 9.72. The quantitative estimate of drug-likeness (QED) is 0.917. The van der Waals surface area contributed by atoms with Gasteiger partial charge in [0.2, 0.25) is 5.88 Å². The summed E-state index contributed by atoms with van der Waals surface area (Å²) in [5, 5.41) is 9.72. The molecule has 2 fully saturated rings. The summed E-state index contributed by atoms with van der Waals surface area (Å²) in [6.45, 7) is 2.53. The molecule has 0 amide bonds. The second-order valence-electron chi connectivity index (χ2n) is 6.04. The van der Waals surface area contributed by atoms with Crippen LogP contribution in [0.2, 0.25) is 0 Å². The number of aliphatic hydroxyl groups excluding tert-OH is 1. The van der Waals surface area contributed by atoms with Crippen molar-refractivity contribution >= 4 is 0 Å². The standard InChI is InChI=1S/C16H24N2O2/c1-20-16-7-4-5-14(17-16)12-9-13(11-19)15-6-2-3-8-18(15)10-12/h4-5,7,12-13,15,19H,2-3,6,8-11H2,1H3/t12-,13-,15-/m0/s1. The predicted molar refractivity (Wildman–Crippen MR) is 77.9 cm³/mol. The number of aliphatic hydroxyl groups is 1. The molecule has 0 radical (unpaired) electrons. The van der Waals surface area contributed by atoms with Crippen LogP contribution < -0.4 is 4.74 Å². The van der Waals surface area contributed by atoms with Gasteiger partial charge in [-0.3, -0.25) is 4.90 Å². The lowest BCUT2D eigenvalue weighted by molar-refractivity contribution is 0.0199. The van der Waals surface area contributed by atoms with Crippen LogP contribution in [0, 0.1) is 5.92 Å². The van der Waals surface area contributed by atoms with Crippen molar-refractivity contribution in [2.75, 3.05) is 26.8 Å². The van der Waals surface area contributed by atoms with E-state index in [0.717, 1.165) is 18.7 Å². The van der Waals surface area contributed by atoms with Crippen LogP contribution in [0.4, 0.5) is 0 Å². The van der Waals surface area contributed by atoms with Crippen LogP contribution in [0.5, 0.6) is 5.88 Å². The van der Waals surface area contributed by atoms with E-state index >= 15 is 0 Å². The van der Waals surface area contributed by atoms with Crippen molar-refractivity contribution < 1.29 is 9.84 Å². The Balaban J connectivity index is 1.79. The van der Waals surface area contributed by atoms with Gasteiger partial charge in [0, 0.05) is 36.9 Å². The Kier molecular flexibility index (Phi) is 4.22. The highest BCUT2D eigenvalue weighted by Crippen LogP contribution is 2.37. The number of ether oxygens (including phenoxy) is 1. The molecule has 0 aliphatic carbocycles. The van der Waals surface area contributed by atoms with E-state index in [0.29, 0.717) is 30.4 Å². The molecule has 0 aromatic carbocycles. The first kappa shape index (κ1) is 13.8. The number of hydrogen-bond donors (Lipinski definition) is 1. The van der Waals surface area contributed by atoms with Gasteiger partial charge in [0.1, 0.15) is 0 Å². The summed E-state index contributed by atoms with van der Waals surface area (Å²) in [6.07, 6.45) is 4.87. The topological polar surface area (TPSA) is 45.6 Å². The zero-order valence-electron chi connectivity index (χ0n) is 12.2. The fourth-order valence-electron chi connectivity index (χ4n) is 3.84. The minimum absolute atomic E-state index is 0.293. The van der Waals surface area contributed by atoms with Gasteiger partial charge in [-0.05, 0) is 37.8 Å². The number of nitrogens with zero attached hydrogens (tertiary/aromatic N) is 2. The van der Waals surface area contributed by atoms with E-state index in [1.54, 1.807) is 7.11 Å². The zero-order valence-corrected chi connectivity index (χ0v) is 12.2. The number of methoxy groups -OCH3 is 1. The molecule has 0 saturated carbocycles. The van der Waals surface area contributed by atoms with Crippen molar-refractivity contribution in [2.24, 2.45) is 5.92 Å². The van der Waals surface area contributed by atoms with E-state index in [9.17, 15) is 5.11 Å². The van der Waals surface area contributed by atoms with Gasteiger partial charge in [0.25, 0.3) is 0 Å². The average molecular weight is 276 g/mol. The third kappa shape index (κ3) is 2.67. The van der Waals surface area contributed by atoms with Gasteiger partial charge < -0.3 is 9.84 Å². The van der Waals surface area contributed by atoms with E-state index in [4.69, 9.17) is 4.74 Å². The van der Waals surface area contributed by atoms with Crippen LogP contribution in [0.3, 0.4) is 0 Å². The lowest BCUT2D eigenvalue weighted by Crippen LogP contribution is -2.51. The molecule has 3 rings (SSSR count). The molecule has 0 unspecified atom stereocenters. The Morgan fingerprint density at radius 1 is 1.40 bits per heavy atom. The molecule has 4 heteroatoms. The van der Waals surface area contributed by atoms with E-state index in [1.807, 2.05) is 12.1 Å². The number of pyridine rings is 1. The van der Waals surface area contributed by atoms with Crippen molar-refractivity contribution in [1.82, 2.24) is 9.88 Å². The van der Waals surface area contributed by atoms with Crippen molar-refractivity contribution in [3.05, 3.63) is 23.9 Å². The van der Waals surface area contributed by atoms with Crippen LogP contribution in [0.25, 0.3) is 0 Å². The Bertz CT molecular complexity index is 444. The molecule has 1 aromatic heterocycles. The maximum Gasteiger partial charge on any atom is 0.213 e. The Morgan fingerprint density at radius 3 is 3.10 bits per heavy atom. The van der Waals surface area contributed by atoms with Crippen LogP contribution in [0.15, 0.2) is 18.2 Å². The molecule has 110 valence electrons. The van der Waals surface area contributed by atoms with Gasteiger partial charge in [-0.1, -0.05) is 12.5 Å². The molecule has 2 saturated heterocycles. The first-order valence-corrected chi connectivity index (χ1v) is 7.67. The van der Waals surface area contributed by atoms with Crippen LogP contribution in [0.1, 0.15) is 37.3 Å². The molecular formula is C16H24N2O2. The van der Waals surface area contributed by atoms with Gasteiger partial charge in [0.15, 0.2) is 0 Å². The predicted octanol–water partition coefficient (Wildman–Crippen LogP) is 2.04. The van der Waals surface area contributed by atoms with Gasteiger partial charge in [-0.25, -0.2) is 4.98 Å². The highest BCUT2D eigenvalue weighted by atomic mass is 16.5. The first-order valence-electron chi connectivity index (χ1n) is 7.67. The minimum Gasteiger partial charge on any atom is -0.481 e. The summed E-state index contributed by atoms with van der Waals surface area (Å²) < 4.78 is 5.23. The van der Waals surface area contributed by atoms with Gasteiger partial charge >= 0.3 is 0 Å². The van der Waals surface area contributed by atoms with Gasteiger partial charge in [-0.2, -0.15) is 0 Å². The fourth-order valence-corrected chi connectivity index (χ4v) is 3.84. The first-order chi connectivity index (χ1) is 9.81. The highest BCUT2D eigenvalue weighted by molar-refractivity contribution is 5.20.